The zero-order valence-electron chi connectivity index (χ0n) is 10.7. The molecule has 94 valence electrons. The van der Waals surface area contributed by atoms with Gasteiger partial charge in [-0.15, -0.1) is 0 Å². The molecule has 1 saturated carbocycles. The number of nitrogen functional groups attached to an aromatic ring is 1. The van der Waals surface area contributed by atoms with Crippen LogP contribution in [0.1, 0.15) is 39.0 Å². The van der Waals surface area contributed by atoms with Crippen molar-refractivity contribution in [3.8, 4) is 0 Å². The van der Waals surface area contributed by atoms with Crippen molar-refractivity contribution in [1.29, 1.82) is 0 Å². The van der Waals surface area contributed by atoms with Gasteiger partial charge in [-0.1, -0.05) is 26.2 Å². The number of rotatable bonds is 4. The largest absolute Gasteiger partial charge is 0.396 e. The summed E-state index contributed by atoms with van der Waals surface area (Å²) >= 11 is 0. The molecule has 17 heavy (non-hydrogen) atoms. The molecule has 0 aliphatic heterocycles. The molecule has 1 aromatic rings. The summed E-state index contributed by atoms with van der Waals surface area (Å²) in [7, 11) is 0. The standard InChI is InChI=1S/C14H23N3/c1-2-11-3-5-12(6-4-11)9-17-14-7-8-16-10-13(14)15/h7-8,10-12H,2-6,9,15H2,1H3,(H,16,17). The van der Waals surface area contributed by atoms with Crippen LogP contribution in [0.4, 0.5) is 11.4 Å². The number of pyridine rings is 1. The van der Waals surface area contributed by atoms with Gasteiger partial charge >= 0.3 is 0 Å². The van der Waals surface area contributed by atoms with Gasteiger partial charge in [-0.2, -0.15) is 0 Å². The van der Waals surface area contributed by atoms with E-state index in [9.17, 15) is 0 Å². The van der Waals surface area contributed by atoms with Gasteiger partial charge in [0.25, 0.3) is 0 Å². The van der Waals surface area contributed by atoms with E-state index >= 15 is 0 Å². The SMILES string of the molecule is CCC1CCC(CNc2ccncc2N)CC1. The lowest BCUT2D eigenvalue weighted by Gasteiger charge is -2.28. The summed E-state index contributed by atoms with van der Waals surface area (Å²) in [6.45, 7) is 3.35. The van der Waals surface area contributed by atoms with Crippen molar-refractivity contribution >= 4 is 11.4 Å². The van der Waals surface area contributed by atoms with Crippen molar-refractivity contribution in [2.24, 2.45) is 11.8 Å². The van der Waals surface area contributed by atoms with Crippen LogP contribution in [0.2, 0.25) is 0 Å². The summed E-state index contributed by atoms with van der Waals surface area (Å²) in [4.78, 5) is 4.00. The van der Waals surface area contributed by atoms with Crippen LogP contribution in [0.3, 0.4) is 0 Å². The van der Waals surface area contributed by atoms with Gasteiger partial charge in [0.15, 0.2) is 0 Å². The first-order valence-corrected chi connectivity index (χ1v) is 6.73. The van der Waals surface area contributed by atoms with E-state index in [2.05, 4.69) is 17.2 Å². The first-order valence-electron chi connectivity index (χ1n) is 6.73. The maximum atomic E-state index is 5.85. The molecule has 0 amide bonds. The van der Waals surface area contributed by atoms with E-state index in [1.165, 1.54) is 32.1 Å². The summed E-state index contributed by atoms with van der Waals surface area (Å²) in [6.07, 6.45) is 10.3. The van der Waals surface area contributed by atoms with Crippen LogP contribution in [0.25, 0.3) is 0 Å². The Morgan fingerprint density at radius 2 is 2.00 bits per heavy atom. The predicted octanol–water partition coefficient (Wildman–Crippen LogP) is 3.29. The second kappa shape index (κ2) is 5.89. The van der Waals surface area contributed by atoms with Crippen LogP contribution in [-0.4, -0.2) is 11.5 Å². The molecule has 0 aromatic carbocycles. The number of hydrogen-bond acceptors (Lipinski definition) is 3. The summed E-state index contributed by atoms with van der Waals surface area (Å²) in [6, 6.07) is 1.95. The normalized spacial score (nSPS) is 24.5. The lowest BCUT2D eigenvalue weighted by molar-refractivity contribution is 0.278. The van der Waals surface area contributed by atoms with Gasteiger partial charge < -0.3 is 11.1 Å². The maximum Gasteiger partial charge on any atom is 0.0736 e. The van der Waals surface area contributed by atoms with Crippen LogP contribution in [0.5, 0.6) is 0 Å². The van der Waals surface area contributed by atoms with Crippen LogP contribution in [0, 0.1) is 11.8 Å². The van der Waals surface area contributed by atoms with E-state index < -0.39 is 0 Å². The Balaban J connectivity index is 1.78. The van der Waals surface area contributed by atoms with Crippen molar-refractivity contribution < 1.29 is 0 Å². The highest BCUT2D eigenvalue weighted by molar-refractivity contribution is 5.64. The number of nitrogens with zero attached hydrogens (tertiary/aromatic N) is 1. The van der Waals surface area contributed by atoms with Crippen molar-refractivity contribution in [3.05, 3.63) is 18.5 Å². The molecule has 0 spiro atoms. The van der Waals surface area contributed by atoms with Gasteiger partial charge in [-0.3, -0.25) is 4.98 Å². The van der Waals surface area contributed by atoms with Gasteiger partial charge in [0, 0.05) is 12.7 Å². The molecule has 2 rings (SSSR count). The minimum Gasteiger partial charge on any atom is -0.396 e. The molecule has 0 bridgehead atoms. The molecule has 3 nitrogen and oxygen atoms in total. The summed E-state index contributed by atoms with van der Waals surface area (Å²) in [5, 5.41) is 3.45. The highest BCUT2D eigenvalue weighted by Crippen LogP contribution is 2.30. The molecule has 1 fully saturated rings. The number of hydrogen-bond donors (Lipinski definition) is 2. The zero-order chi connectivity index (χ0) is 12.1. The molecule has 1 aliphatic carbocycles. The minimum atomic E-state index is 0.745. The topological polar surface area (TPSA) is 50.9 Å². The van der Waals surface area contributed by atoms with E-state index in [-0.39, 0.29) is 0 Å². The van der Waals surface area contributed by atoms with Gasteiger partial charge in [0.2, 0.25) is 0 Å². The first-order chi connectivity index (χ1) is 8.29. The molecule has 1 aromatic heterocycles. The van der Waals surface area contributed by atoms with Crippen LogP contribution >= 0.6 is 0 Å². The number of nitrogens with two attached hydrogens (primary N) is 1. The number of aromatic nitrogens is 1. The molecule has 3 heteroatoms. The Morgan fingerprint density at radius 1 is 1.29 bits per heavy atom. The van der Waals surface area contributed by atoms with Crippen molar-refractivity contribution in [2.75, 3.05) is 17.6 Å². The van der Waals surface area contributed by atoms with Gasteiger partial charge in [-0.25, -0.2) is 0 Å². The average molecular weight is 233 g/mol. The van der Waals surface area contributed by atoms with E-state index in [1.807, 2.05) is 6.07 Å². The second-order valence-electron chi connectivity index (χ2n) is 5.14. The average Bonchev–Trinajstić information content (AvgIpc) is 2.38. The number of anilines is 2. The molecule has 1 aliphatic rings. The van der Waals surface area contributed by atoms with Crippen LogP contribution in [-0.2, 0) is 0 Å². The lowest BCUT2D eigenvalue weighted by atomic mass is 9.81. The summed E-state index contributed by atoms with van der Waals surface area (Å²) in [5.74, 6) is 1.78. The second-order valence-corrected chi connectivity index (χ2v) is 5.14. The van der Waals surface area contributed by atoms with Gasteiger partial charge in [0.1, 0.15) is 0 Å². The van der Waals surface area contributed by atoms with E-state index in [4.69, 9.17) is 5.73 Å². The maximum absolute atomic E-state index is 5.85. The third-order valence-corrected chi connectivity index (χ3v) is 3.98. The fraction of sp³-hybridized carbons (Fsp3) is 0.643. The third kappa shape index (κ3) is 3.35. The molecule has 3 N–H and O–H groups in total. The van der Waals surface area contributed by atoms with Crippen LogP contribution < -0.4 is 11.1 Å². The molecule has 0 saturated heterocycles. The highest BCUT2D eigenvalue weighted by atomic mass is 14.9. The quantitative estimate of drug-likeness (QED) is 0.839. The van der Waals surface area contributed by atoms with Crippen molar-refractivity contribution in [2.45, 2.75) is 39.0 Å². The molecular weight excluding hydrogens is 210 g/mol. The number of nitrogens with one attached hydrogen (secondary N) is 1. The van der Waals surface area contributed by atoms with Crippen LogP contribution in [0.15, 0.2) is 18.5 Å². The molecule has 1 heterocycles. The summed E-state index contributed by atoms with van der Waals surface area (Å²) in [5.41, 5.74) is 7.63. The van der Waals surface area contributed by atoms with E-state index in [1.54, 1.807) is 12.4 Å². The smallest absolute Gasteiger partial charge is 0.0736 e. The molecular formula is C14H23N3. The van der Waals surface area contributed by atoms with E-state index in [0.29, 0.717) is 0 Å². The van der Waals surface area contributed by atoms with Gasteiger partial charge in [-0.05, 0) is 30.7 Å². The third-order valence-electron chi connectivity index (χ3n) is 3.98. The lowest BCUT2D eigenvalue weighted by Crippen LogP contribution is -2.21. The van der Waals surface area contributed by atoms with E-state index in [0.717, 1.165) is 29.8 Å². The Labute approximate surface area is 104 Å². The molecule has 0 unspecified atom stereocenters. The van der Waals surface area contributed by atoms with Gasteiger partial charge in [0.05, 0.1) is 17.6 Å². The highest BCUT2D eigenvalue weighted by Gasteiger charge is 2.19. The molecule has 0 radical (unpaired) electrons. The Morgan fingerprint density at radius 3 is 2.65 bits per heavy atom. The first kappa shape index (κ1) is 12.2. The molecule has 0 atom stereocenters. The Hall–Kier alpha value is -1.25. The Kier molecular flexibility index (Phi) is 4.24. The fourth-order valence-corrected chi connectivity index (χ4v) is 2.67. The summed E-state index contributed by atoms with van der Waals surface area (Å²) < 4.78 is 0. The Bertz CT molecular complexity index is 343. The van der Waals surface area contributed by atoms with Crippen molar-refractivity contribution in [1.82, 2.24) is 4.98 Å². The predicted molar refractivity (Wildman–Crippen MR) is 72.9 cm³/mol. The zero-order valence-corrected chi connectivity index (χ0v) is 10.7. The minimum absolute atomic E-state index is 0.745. The fourth-order valence-electron chi connectivity index (χ4n) is 2.67. The van der Waals surface area contributed by atoms with Crippen molar-refractivity contribution in [3.63, 3.8) is 0 Å². The monoisotopic (exact) mass is 233 g/mol.